The quantitative estimate of drug-likeness (QED) is 0.781. The maximum absolute atomic E-state index is 8.36. The van der Waals surface area contributed by atoms with Crippen LogP contribution >= 0.6 is 0 Å². The molecule has 1 unspecified atom stereocenters. The topological polar surface area (TPSA) is 50.2 Å². The number of rotatable bonds is 2. The summed E-state index contributed by atoms with van der Waals surface area (Å²) in [6.07, 6.45) is 7.54. The van der Waals surface area contributed by atoms with Crippen molar-refractivity contribution in [3.63, 3.8) is 0 Å². The van der Waals surface area contributed by atoms with E-state index in [4.69, 9.17) is 9.90 Å². The highest BCUT2D eigenvalue weighted by Crippen LogP contribution is 2.35. The van der Waals surface area contributed by atoms with E-state index in [9.17, 15) is 0 Å². The molecule has 16 heavy (non-hydrogen) atoms. The highest BCUT2D eigenvalue weighted by Gasteiger charge is 2.22. The van der Waals surface area contributed by atoms with Gasteiger partial charge in [0.15, 0.2) is 0 Å². The second-order valence-electron chi connectivity index (χ2n) is 4.19. The van der Waals surface area contributed by atoms with Crippen molar-refractivity contribution in [2.24, 2.45) is 5.92 Å². The van der Waals surface area contributed by atoms with E-state index in [1.807, 2.05) is 12.3 Å². The van der Waals surface area contributed by atoms with Gasteiger partial charge in [-0.15, -0.1) is 0 Å². The molecule has 0 radical (unpaired) electrons. The Morgan fingerprint density at radius 2 is 2.06 bits per heavy atom. The molecule has 0 aromatic carbocycles. The molecule has 1 saturated carbocycles. The third kappa shape index (κ3) is 3.65. The minimum Gasteiger partial charge on any atom is -0.483 e. The van der Waals surface area contributed by atoms with Crippen molar-refractivity contribution >= 4 is 6.47 Å². The number of hydrogen-bond donors (Lipinski definition) is 1. The van der Waals surface area contributed by atoms with E-state index >= 15 is 0 Å². The first-order valence-electron chi connectivity index (χ1n) is 5.78. The summed E-state index contributed by atoms with van der Waals surface area (Å²) in [6, 6.07) is 6.24. The Hall–Kier alpha value is -1.38. The van der Waals surface area contributed by atoms with Gasteiger partial charge in [0.1, 0.15) is 0 Å². The van der Waals surface area contributed by atoms with E-state index in [-0.39, 0.29) is 6.47 Å². The fourth-order valence-corrected chi connectivity index (χ4v) is 2.34. The highest BCUT2D eigenvalue weighted by atomic mass is 16.3. The molecule has 0 bridgehead atoms. The maximum atomic E-state index is 8.36. The zero-order valence-electron chi connectivity index (χ0n) is 9.67. The summed E-state index contributed by atoms with van der Waals surface area (Å²) >= 11 is 0. The normalized spacial score (nSPS) is 17.3. The Morgan fingerprint density at radius 1 is 1.44 bits per heavy atom. The second-order valence-corrected chi connectivity index (χ2v) is 4.19. The van der Waals surface area contributed by atoms with Gasteiger partial charge in [-0.3, -0.25) is 9.78 Å². The molecule has 2 rings (SSSR count). The molecule has 1 aromatic rings. The highest BCUT2D eigenvalue weighted by molar-refractivity contribution is 5.32. The lowest BCUT2D eigenvalue weighted by Crippen LogP contribution is -2.07. The number of nitrogens with zero attached hydrogens (tertiary/aromatic N) is 1. The van der Waals surface area contributed by atoms with Crippen LogP contribution in [-0.4, -0.2) is 16.6 Å². The Bertz CT molecular complexity index is 294. The number of hydrogen-bond acceptors (Lipinski definition) is 2. The van der Waals surface area contributed by atoms with E-state index in [1.165, 1.54) is 31.4 Å². The van der Waals surface area contributed by atoms with E-state index in [0.717, 1.165) is 5.92 Å². The summed E-state index contributed by atoms with van der Waals surface area (Å²) in [7, 11) is 0. The summed E-state index contributed by atoms with van der Waals surface area (Å²) in [5.74, 6) is 1.54. The second kappa shape index (κ2) is 6.99. The van der Waals surface area contributed by atoms with E-state index in [0.29, 0.717) is 5.92 Å². The van der Waals surface area contributed by atoms with Gasteiger partial charge in [-0.25, -0.2) is 0 Å². The molecule has 1 aromatic heterocycles. The first-order valence-corrected chi connectivity index (χ1v) is 5.78. The van der Waals surface area contributed by atoms with Crippen molar-refractivity contribution in [2.45, 2.75) is 38.5 Å². The lowest BCUT2D eigenvalue weighted by molar-refractivity contribution is -0.122. The van der Waals surface area contributed by atoms with Crippen LogP contribution in [-0.2, 0) is 4.79 Å². The number of carboxylic acid groups (broad SMARTS) is 1. The number of aromatic nitrogens is 1. The van der Waals surface area contributed by atoms with Crippen LogP contribution in [0.25, 0.3) is 0 Å². The average molecular weight is 221 g/mol. The monoisotopic (exact) mass is 221 g/mol. The smallest absolute Gasteiger partial charge is 0.290 e. The maximum Gasteiger partial charge on any atom is 0.290 e. The largest absolute Gasteiger partial charge is 0.483 e. The van der Waals surface area contributed by atoms with E-state index in [2.05, 4.69) is 24.0 Å². The molecule has 1 aliphatic rings. The zero-order chi connectivity index (χ0) is 11.8. The van der Waals surface area contributed by atoms with Gasteiger partial charge >= 0.3 is 0 Å². The van der Waals surface area contributed by atoms with Crippen molar-refractivity contribution in [2.75, 3.05) is 0 Å². The minimum atomic E-state index is -0.250. The van der Waals surface area contributed by atoms with Crippen molar-refractivity contribution in [3.8, 4) is 0 Å². The van der Waals surface area contributed by atoms with E-state index in [1.54, 1.807) is 0 Å². The molecule has 0 spiro atoms. The number of carbonyl (C=O) groups is 1. The summed E-state index contributed by atoms with van der Waals surface area (Å²) in [5, 5.41) is 6.89. The van der Waals surface area contributed by atoms with Crippen molar-refractivity contribution in [3.05, 3.63) is 30.1 Å². The molecule has 3 heteroatoms. The van der Waals surface area contributed by atoms with Crippen LogP contribution < -0.4 is 0 Å². The van der Waals surface area contributed by atoms with Crippen molar-refractivity contribution < 1.29 is 9.90 Å². The summed E-state index contributed by atoms with van der Waals surface area (Å²) in [6.45, 7) is 2.07. The Labute approximate surface area is 96.5 Å². The molecule has 1 heterocycles. The zero-order valence-corrected chi connectivity index (χ0v) is 9.67. The predicted molar refractivity (Wildman–Crippen MR) is 63.3 cm³/mol. The van der Waals surface area contributed by atoms with Crippen LogP contribution in [0.4, 0.5) is 0 Å². The van der Waals surface area contributed by atoms with Crippen LogP contribution in [0.15, 0.2) is 24.4 Å². The molecular weight excluding hydrogens is 202 g/mol. The first-order chi connectivity index (χ1) is 7.79. The molecule has 1 atom stereocenters. The SMILES string of the molecule is CC(c1ccccn1)C1CCCC1.O=CO. The fraction of sp³-hybridized carbons (Fsp3) is 0.538. The average Bonchev–Trinajstić information content (AvgIpc) is 2.84. The molecule has 1 aliphatic carbocycles. The fourth-order valence-electron chi connectivity index (χ4n) is 2.34. The van der Waals surface area contributed by atoms with Crippen LogP contribution in [0, 0.1) is 5.92 Å². The molecule has 1 N–H and O–H groups in total. The Balaban J connectivity index is 0.000000386. The minimum absolute atomic E-state index is 0.250. The van der Waals surface area contributed by atoms with Crippen LogP contribution in [0.3, 0.4) is 0 Å². The van der Waals surface area contributed by atoms with Crippen LogP contribution in [0.5, 0.6) is 0 Å². The third-order valence-corrected chi connectivity index (χ3v) is 3.26. The predicted octanol–water partition coefficient (Wildman–Crippen LogP) is 3.08. The molecule has 0 saturated heterocycles. The Kier molecular flexibility index (Phi) is 5.54. The van der Waals surface area contributed by atoms with E-state index < -0.39 is 0 Å². The Morgan fingerprint density at radius 3 is 2.56 bits per heavy atom. The lowest BCUT2D eigenvalue weighted by atomic mass is 9.89. The van der Waals surface area contributed by atoms with Gasteiger partial charge in [0, 0.05) is 17.8 Å². The van der Waals surface area contributed by atoms with Gasteiger partial charge in [-0.05, 0) is 30.9 Å². The summed E-state index contributed by atoms with van der Waals surface area (Å²) < 4.78 is 0. The van der Waals surface area contributed by atoms with Gasteiger partial charge in [0.05, 0.1) is 0 Å². The van der Waals surface area contributed by atoms with Crippen LogP contribution in [0.2, 0.25) is 0 Å². The number of pyridine rings is 1. The molecular formula is C13H19NO2. The molecule has 88 valence electrons. The van der Waals surface area contributed by atoms with Gasteiger partial charge < -0.3 is 5.11 Å². The lowest BCUT2D eigenvalue weighted by Gasteiger charge is -2.17. The standard InChI is InChI=1S/C12H17N.CH2O2/c1-10(11-6-2-3-7-11)12-8-4-5-9-13-12;2-1-3/h4-5,8-11H,2-3,6-7H2,1H3;1H,(H,2,3). The van der Waals surface area contributed by atoms with Crippen LogP contribution in [0.1, 0.15) is 44.2 Å². The summed E-state index contributed by atoms with van der Waals surface area (Å²) in [5.41, 5.74) is 1.27. The molecule has 0 aliphatic heterocycles. The molecule has 1 fully saturated rings. The third-order valence-electron chi connectivity index (χ3n) is 3.26. The van der Waals surface area contributed by atoms with Gasteiger partial charge in [0.25, 0.3) is 6.47 Å². The first kappa shape index (κ1) is 12.7. The van der Waals surface area contributed by atoms with Gasteiger partial charge in [0.2, 0.25) is 0 Å². The molecule has 0 amide bonds. The molecule has 3 nitrogen and oxygen atoms in total. The van der Waals surface area contributed by atoms with Crippen molar-refractivity contribution in [1.82, 2.24) is 4.98 Å². The van der Waals surface area contributed by atoms with Gasteiger partial charge in [-0.1, -0.05) is 25.8 Å². The van der Waals surface area contributed by atoms with Crippen molar-refractivity contribution in [1.29, 1.82) is 0 Å². The van der Waals surface area contributed by atoms with Gasteiger partial charge in [-0.2, -0.15) is 0 Å². The summed E-state index contributed by atoms with van der Waals surface area (Å²) in [4.78, 5) is 12.8.